The van der Waals surface area contributed by atoms with E-state index < -0.39 is 11.9 Å². The number of nitrogens with one attached hydrogen (secondary N) is 1. The number of amides is 1. The monoisotopic (exact) mass is 323 g/mol. The van der Waals surface area contributed by atoms with Crippen molar-refractivity contribution in [1.29, 1.82) is 0 Å². The molecule has 0 aliphatic carbocycles. The fraction of sp³-hybridized carbons (Fsp3) is 0.529. The van der Waals surface area contributed by atoms with Crippen LogP contribution < -0.4 is 5.32 Å². The van der Waals surface area contributed by atoms with E-state index in [4.69, 9.17) is 14.2 Å². The Bertz CT molecular complexity index is 532. The lowest BCUT2D eigenvalue weighted by Gasteiger charge is -2.19. The van der Waals surface area contributed by atoms with E-state index in [9.17, 15) is 9.59 Å². The minimum absolute atomic E-state index is 0.0432. The van der Waals surface area contributed by atoms with Crippen molar-refractivity contribution in [2.24, 2.45) is 0 Å². The van der Waals surface area contributed by atoms with Gasteiger partial charge in [0, 0.05) is 31.9 Å². The van der Waals surface area contributed by atoms with Crippen LogP contribution in [-0.4, -0.2) is 31.7 Å². The second-order valence-corrected chi connectivity index (χ2v) is 6.06. The van der Waals surface area contributed by atoms with Crippen molar-refractivity contribution in [1.82, 2.24) is 0 Å². The third-order valence-corrected chi connectivity index (χ3v) is 2.85. The standard InChI is InChI=1S/C17H25NO5/c1-17(2,3)23-15(20)10-9-14(19)18-13-8-6-7-12(11-13)16(21-4)22-5/h6-8,11,16H,9-10H2,1-5H3,(H,18,19). The minimum Gasteiger partial charge on any atom is -0.460 e. The fourth-order valence-electron chi connectivity index (χ4n) is 1.96. The Morgan fingerprint density at radius 3 is 2.35 bits per heavy atom. The quantitative estimate of drug-likeness (QED) is 0.617. The SMILES string of the molecule is COC(OC)c1cccc(NC(=O)CCC(=O)OC(C)(C)C)c1. The van der Waals surface area contributed by atoms with Gasteiger partial charge in [0.05, 0.1) is 6.42 Å². The summed E-state index contributed by atoms with van der Waals surface area (Å²) in [6.07, 6.45) is -0.382. The summed E-state index contributed by atoms with van der Waals surface area (Å²) in [7, 11) is 3.08. The summed E-state index contributed by atoms with van der Waals surface area (Å²) in [5.41, 5.74) is 0.868. The van der Waals surface area contributed by atoms with E-state index in [1.165, 1.54) is 0 Å². The first kappa shape index (κ1) is 19.1. The van der Waals surface area contributed by atoms with Crippen LogP contribution in [0.4, 0.5) is 5.69 Å². The van der Waals surface area contributed by atoms with Gasteiger partial charge in [-0.1, -0.05) is 12.1 Å². The lowest BCUT2D eigenvalue weighted by atomic mass is 10.2. The molecule has 6 nitrogen and oxygen atoms in total. The van der Waals surface area contributed by atoms with E-state index in [2.05, 4.69) is 5.32 Å². The van der Waals surface area contributed by atoms with Crippen LogP contribution in [0.2, 0.25) is 0 Å². The number of esters is 1. The van der Waals surface area contributed by atoms with Gasteiger partial charge in [0.2, 0.25) is 5.91 Å². The zero-order chi connectivity index (χ0) is 17.5. The molecule has 0 radical (unpaired) electrons. The average Bonchev–Trinajstić information content (AvgIpc) is 2.45. The van der Waals surface area contributed by atoms with Crippen LogP contribution in [0.25, 0.3) is 0 Å². The zero-order valence-electron chi connectivity index (χ0n) is 14.3. The van der Waals surface area contributed by atoms with Gasteiger partial charge in [-0.25, -0.2) is 0 Å². The summed E-state index contributed by atoms with van der Waals surface area (Å²) in [6.45, 7) is 5.37. The highest BCUT2D eigenvalue weighted by Crippen LogP contribution is 2.21. The highest BCUT2D eigenvalue weighted by atomic mass is 16.7. The summed E-state index contributed by atoms with van der Waals surface area (Å²) < 4.78 is 15.5. The highest BCUT2D eigenvalue weighted by molar-refractivity contribution is 5.92. The zero-order valence-corrected chi connectivity index (χ0v) is 14.3. The molecule has 0 atom stereocenters. The first-order chi connectivity index (χ1) is 10.7. The second-order valence-electron chi connectivity index (χ2n) is 6.06. The van der Waals surface area contributed by atoms with Crippen LogP contribution in [-0.2, 0) is 23.8 Å². The molecule has 1 aromatic carbocycles. The molecule has 0 unspecified atom stereocenters. The van der Waals surface area contributed by atoms with E-state index >= 15 is 0 Å². The van der Waals surface area contributed by atoms with Crippen molar-refractivity contribution >= 4 is 17.6 Å². The highest BCUT2D eigenvalue weighted by Gasteiger charge is 2.17. The molecule has 0 aliphatic heterocycles. The van der Waals surface area contributed by atoms with Gasteiger partial charge in [-0.2, -0.15) is 0 Å². The number of ether oxygens (including phenoxy) is 3. The van der Waals surface area contributed by atoms with Crippen molar-refractivity contribution in [3.63, 3.8) is 0 Å². The number of anilines is 1. The molecule has 0 saturated carbocycles. The molecule has 6 heteroatoms. The van der Waals surface area contributed by atoms with Crippen molar-refractivity contribution in [2.75, 3.05) is 19.5 Å². The molecule has 0 saturated heterocycles. The van der Waals surface area contributed by atoms with Crippen LogP contribution in [0.1, 0.15) is 45.5 Å². The Balaban J connectivity index is 2.54. The third-order valence-electron chi connectivity index (χ3n) is 2.85. The molecule has 0 spiro atoms. The Hall–Kier alpha value is -1.92. The maximum absolute atomic E-state index is 11.9. The maximum Gasteiger partial charge on any atom is 0.306 e. The molecule has 1 rings (SSSR count). The molecule has 0 fully saturated rings. The molecular weight excluding hydrogens is 298 g/mol. The molecule has 0 heterocycles. The van der Waals surface area contributed by atoms with Crippen molar-refractivity contribution in [2.45, 2.75) is 45.5 Å². The summed E-state index contributed by atoms with van der Waals surface area (Å²) in [5, 5.41) is 2.75. The first-order valence-electron chi connectivity index (χ1n) is 7.42. The van der Waals surface area contributed by atoms with Gasteiger partial charge in [-0.15, -0.1) is 0 Å². The molecule has 23 heavy (non-hydrogen) atoms. The summed E-state index contributed by atoms with van der Waals surface area (Å²) in [4.78, 5) is 23.5. The molecule has 1 aromatic rings. The topological polar surface area (TPSA) is 73.9 Å². The second kappa shape index (κ2) is 8.64. The number of carbonyl (C=O) groups excluding carboxylic acids is 2. The van der Waals surface area contributed by atoms with Gasteiger partial charge in [0.1, 0.15) is 5.60 Å². The Labute approximate surface area is 137 Å². The predicted molar refractivity (Wildman–Crippen MR) is 86.9 cm³/mol. The van der Waals surface area contributed by atoms with Crippen LogP contribution in [0.5, 0.6) is 0 Å². The lowest BCUT2D eigenvalue weighted by molar-refractivity contribution is -0.155. The average molecular weight is 323 g/mol. The number of hydrogen-bond acceptors (Lipinski definition) is 5. The minimum atomic E-state index is -0.544. The van der Waals surface area contributed by atoms with E-state index in [-0.39, 0.29) is 24.7 Å². The molecule has 128 valence electrons. The van der Waals surface area contributed by atoms with Gasteiger partial charge in [0.15, 0.2) is 6.29 Å². The molecule has 0 aliphatic rings. The summed E-state index contributed by atoms with van der Waals surface area (Å²) in [5.74, 6) is -0.639. The van der Waals surface area contributed by atoms with E-state index in [1.54, 1.807) is 53.2 Å². The molecular formula is C17H25NO5. The first-order valence-corrected chi connectivity index (χ1v) is 7.42. The molecule has 0 bridgehead atoms. The molecule has 1 amide bonds. The Morgan fingerprint density at radius 1 is 1.13 bits per heavy atom. The molecule has 0 aromatic heterocycles. The molecule has 1 N–H and O–H groups in total. The van der Waals surface area contributed by atoms with Gasteiger partial charge in [-0.3, -0.25) is 9.59 Å². The van der Waals surface area contributed by atoms with Crippen LogP contribution in [0, 0.1) is 0 Å². The van der Waals surface area contributed by atoms with Gasteiger partial charge >= 0.3 is 5.97 Å². The van der Waals surface area contributed by atoms with Gasteiger partial charge in [0.25, 0.3) is 0 Å². The smallest absolute Gasteiger partial charge is 0.306 e. The number of carbonyl (C=O) groups is 2. The number of methoxy groups -OCH3 is 2. The van der Waals surface area contributed by atoms with Crippen molar-refractivity contribution < 1.29 is 23.8 Å². The lowest BCUT2D eigenvalue weighted by Crippen LogP contribution is -2.24. The van der Waals surface area contributed by atoms with Crippen molar-refractivity contribution in [3.05, 3.63) is 29.8 Å². The van der Waals surface area contributed by atoms with Crippen molar-refractivity contribution in [3.8, 4) is 0 Å². The van der Waals surface area contributed by atoms with Gasteiger partial charge in [-0.05, 0) is 32.9 Å². The Morgan fingerprint density at radius 2 is 1.78 bits per heavy atom. The third kappa shape index (κ3) is 7.25. The van der Waals surface area contributed by atoms with E-state index in [0.29, 0.717) is 5.69 Å². The Kier molecular flexibility index (Phi) is 7.19. The maximum atomic E-state index is 11.9. The van der Waals surface area contributed by atoms with E-state index in [1.807, 2.05) is 6.07 Å². The predicted octanol–water partition coefficient (Wildman–Crippen LogP) is 3.04. The number of benzene rings is 1. The number of hydrogen-bond donors (Lipinski definition) is 1. The van der Waals surface area contributed by atoms with Crippen LogP contribution >= 0.6 is 0 Å². The van der Waals surface area contributed by atoms with Gasteiger partial charge < -0.3 is 19.5 Å². The number of rotatable bonds is 7. The van der Waals surface area contributed by atoms with Crippen LogP contribution in [0.15, 0.2) is 24.3 Å². The normalized spacial score (nSPS) is 11.4. The van der Waals surface area contributed by atoms with E-state index in [0.717, 1.165) is 5.56 Å². The summed E-state index contributed by atoms with van der Waals surface area (Å²) >= 11 is 0. The fourth-order valence-corrected chi connectivity index (χ4v) is 1.96. The summed E-state index contributed by atoms with van der Waals surface area (Å²) in [6, 6.07) is 7.16. The van der Waals surface area contributed by atoms with Crippen LogP contribution in [0.3, 0.4) is 0 Å². The largest absolute Gasteiger partial charge is 0.460 e.